The number of carboxylic acids is 1. The van der Waals surface area contributed by atoms with E-state index in [4.69, 9.17) is 16.3 Å². The van der Waals surface area contributed by atoms with Crippen LogP contribution in [0.4, 0.5) is 5.69 Å². The fraction of sp³-hybridized carbons (Fsp3) is 0.188. The van der Waals surface area contributed by atoms with Gasteiger partial charge < -0.3 is 15.2 Å². The van der Waals surface area contributed by atoms with Crippen molar-refractivity contribution in [2.24, 2.45) is 0 Å². The van der Waals surface area contributed by atoms with Gasteiger partial charge in [-0.05, 0) is 23.3 Å². The third kappa shape index (κ3) is 3.97. The van der Waals surface area contributed by atoms with Gasteiger partial charge in [-0.3, -0.25) is 0 Å². The predicted molar refractivity (Wildman–Crippen MR) is 82.6 cm³/mol. The number of carbonyl (C=O) groups is 1. The molecule has 0 spiro atoms. The first-order valence-corrected chi connectivity index (χ1v) is 6.81. The molecule has 5 heteroatoms. The van der Waals surface area contributed by atoms with Crippen LogP contribution < -0.4 is 5.32 Å². The van der Waals surface area contributed by atoms with Crippen molar-refractivity contribution in [3.05, 3.63) is 64.7 Å². The Bertz CT molecular complexity index is 613. The zero-order valence-corrected chi connectivity index (χ0v) is 12.3. The van der Waals surface area contributed by atoms with Crippen molar-refractivity contribution in [3.8, 4) is 0 Å². The molecule has 0 saturated heterocycles. The smallest absolute Gasteiger partial charge is 0.330 e. The van der Waals surface area contributed by atoms with E-state index in [2.05, 4.69) is 5.32 Å². The molecule has 0 heterocycles. The molecule has 110 valence electrons. The van der Waals surface area contributed by atoms with Gasteiger partial charge in [0.1, 0.15) is 0 Å². The van der Waals surface area contributed by atoms with Crippen molar-refractivity contribution in [3.63, 3.8) is 0 Å². The van der Waals surface area contributed by atoms with E-state index in [1.807, 2.05) is 12.1 Å². The van der Waals surface area contributed by atoms with Gasteiger partial charge in [-0.25, -0.2) is 4.79 Å². The summed E-state index contributed by atoms with van der Waals surface area (Å²) in [6.45, 7) is 0.496. The maximum Gasteiger partial charge on any atom is 0.330 e. The molecule has 2 aromatic rings. The molecular formula is C16H16ClNO3. The van der Waals surface area contributed by atoms with E-state index in [1.165, 1.54) is 0 Å². The first kappa shape index (κ1) is 15.4. The molecule has 2 rings (SSSR count). The van der Waals surface area contributed by atoms with Crippen molar-refractivity contribution in [2.45, 2.75) is 12.6 Å². The van der Waals surface area contributed by atoms with Crippen molar-refractivity contribution in [1.82, 2.24) is 0 Å². The minimum atomic E-state index is -0.964. The highest BCUT2D eigenvalue weighted by Gasteiger charge is 2.20. The summed E-state index contributed by atoms with van der Waals surface area (Å²) in [5.74, 6) is -0.964. The summed E-state index contributed by atoms with van der Waals surface area (Å²) in [6, 6.07) is 13.4. The van der Waals surface area contributed by atoms with Crippen LogP contribution in [-0.4, -0.2) is 18.2 Å². The van der Waals surface area contributed by atoms with E-state index in [9.17, 15) is 9.90 Å². The Morgan fingerprint density at radius 3 is 2.48 bits per heavy atom. The van der Waals surface area contributed by atoms with Gasteiger partial charge in [-0.1, -0.05) is 48.0 Å². The summed E-state index contributed by atoms with van der Waals surface area (Å²) in [4.78, 5) is 11.5. The molecule has 0 saturated carbocycles. The van der Waals surface area contributed by atoms with E-state index >= 15 is 0 Å². The lowest BCUT2D eigenvalue weighted by Crippen LogP contribution is -2.20. The van der Waals surface area contributed by atoms with Crippen LogP contribution in [0.5, 0.6) is 0 Å². The van der Waals surface area contributed by atoms with E-state index in [-0.39, 0.29) is 0 Å². The summed E-state index contributed by atoms with van der Waals surface area (Å²) in [7, 11) is 1.62. The molecule has 0 bridgehead atoms. The number of carboxylic acid groups (broad SMARTS) is 1. The lowest BCUT2D eigenvalue weighted by molar-refractivity contribution is -0.138. The summed E-state index contributed by atoms with van der Waals surface area (Å²) >= 11 is 6.05. The number of hydrogen-bond acceptors (Lipinski definition) is 3. The zero-order valence-electron chi connectivity index (χ0n) is 11.5. The molecule has 0 amide bonds. The Labute approximate surface area is 128 Å². The van der Waals surface area contributed by atoms with Gasteiger partial charge in [-0.2, -0.15) is 0 Å². The number of rotatable bonds is 6. The Kier molecular flexibility index (Phi) is 5.20. The van der Waals surface area contributed by atoms with Crippen LogP contribution in [-0.2, 0) is 16.1 Å². The third-order valence-electron chi connectivity index (χ3n) is 3.04. The Balaban J connectivity index is 2.23. The molecule has 21 heavy (non-hydrogen) atoms. The number of halogens is 1. The van der Waals surface area contributed by atoms with Crippen molar-refractivity contribution in [1.29, 1.82) is 0 Å². The normalized spacial score (nSPS) is 11.9. The highest BCUT2D eigenvalue weighted by molar-refractivity contribution is 6.33. The summed E-state index contributed by atoms with van der Waals surface area (Å²) in [5, 5.41) is 12.9. The second kappa shape index (κ2) is 7.11. The van der Waals surface area contributed by atoms with Gasteiger partial charge in [0.2, 0.25) is 0 Å². The van der Waals surface area contributed by atoms with Crippen LogP contribution in [0.3, 0.4) is 0 Å². The maximum atomic E-state index is 11.5. The molecule has 0 aliphatic heterocycles. The molecule has 0 aliphatic rings. The molecule has 1 atom stereocenters. The van der Waals surface area contributed by atoms with Crippen LogP contribution in [0.25, 0.3) is 0 Å². The van der Waals surface area contributed by atoms with Crippen LogP contribution in [0.15, 0.2) is 48.5 Å². The Morgan fingerprint density at radius 1 is 1.24 bits per heavy atom. The number of nitrogens with one attached hydrogen (secondary N) is 1. The molecule has 0 radical (unpaired) electrons. The van der Waals surface area contributed by atoms with Crippen LogP contribution in [0.1, 0.15) is 17.2 Å². The van der Waals surface area contributed by atoms with E-state index in [0.29, 0.717) is 22.9 Å². The second-order valence-corrected chi connectivity index (χ2v) is 4.98. The van der Waals surface area contributed by atoms with Crippen LogP contribution >= 0.6 is 11.6 Å². The van der Waals surface area contributed by atoms with E-state index < -0.39 is 12.0 Å². The minimum absolute atomic E-state index is 0.486. The van der Waals surface area contributed by atoms with E-state index in [1.54, 1.807) is 43.5 Å². The highest BCUT2D eigenvalue weighted by Crippen LogP contribution is 2.26. The number of hydrogen-bond donors (Lipinski definition) is 2. The fourth-order valence-corrected chi connectivity index (χ4v) is 2.18. The van der Waals surface area contributed by atoms with Crippen LogP contribution in [0.2, 0.25) is 5.02 Å². The van der Waals surface area contributed by atoms with Gasteiger partial charge in [-0.15, -0.1) is 0 Å². The Hall–Kier alpha value is -2.04. The molecule has 0 aliphatic carbocycles. The second-order valence-electron chi connectivity index (χ2n) is 4.57. The topological polar surface area (TPSA) is 58.6 Å². The number of benzene rings is 2. The average Bonchev–Trinajstić information content (AvgIpc) is 2.47. The van der Waals surface area contributed by atoms with Crippen molar-refractivity contribution < 1.29 is 14.6 Å². The molecule has 0 fully saturated rings. The first-order chi connectivity index (χ1) is 10.1. The first-order valence-electron chi connectivity index (χ1n) is 6.43. The number of anilines is 1. The number of ether oxygens (including phenoxy) is 1. The lowest BCUT2D eigenvalue weighted by Gasteiger charge is -2.17. The van der Waals surface area contributed by atoms with Gasteiger partial charge in [0.05, 0.1) is 17.3 Å². The SMILES string of the molecule is COCc1ccc(C(Nc2ccccc2Cl)C(=O)O)cc1. The molecule has 1 unspecified atom stereocenters. The third-order valence-corrected chi connectivity index (χ3v) is 3.37. The standard InChI is InChI=1S/C16H16ClNO3/c1-21-10-11-6-8-12(9-7-11)15(16(19)20)18-14-5-3-2-4-13(14)17/h2-9,15,18H,10H2,1H3,(H,19,20). The number of methoxy groups -OCH3 is 1. The zero-order chi connectivity index (χ0) is 15.2. The average molecular weight is 306 g/mol. The van der Waals surface area contributed by atoms with Gasteiger partial charge in [0.25, 0.3) is 0 Å². The molecule has 2 N–H and O–H groups in total. The number of aliphatic carboxylic acids is 1. The van der Waals surface area contributed by atoms with Crippen molar-refractivity contribution in [2.75, 3.05) is 12.4 Å². The van der Waals surface area contributed by atoms with Gasteiger partial charge in [0.15, 0.2) is 6.04 Å². The highest BCUT2D eigenvalue weighted by atomic mass is 35.5. The van der Waals surface area contributed by atoms with E-state index in [0.717, 1.165) is 5.56 Å². The summed E-state index contributed by atoms with van der Waals surface area (Å²) < 4.78 is 5.04. The minimum Gasteiger partial charge on any atom is -0.479 e. The molecule has 2 aromatic carbocycles. The molecule has 0 aromatic heterocycles. The quantitative estimate of drug-likeness (QED) is 0.854. The summed E-state index contributed by atoms with van der Waals surface area (Å²) in [6.07, 6.45) is 0. The lowest BCUT2D eigenvalue weighted by atomic mass is 10.0. The predicted octanol–water partition coefficient (Wildman–Crippen LogP) is 3.72. The number of para-hydroxylation sites is 1. The van der Waals surface area contributed by atoms with Crippen molar-refractivity contribution >= 4 is 23.3 Å². The van der Waals surface area contributed by atoms with Gasteiger partial charge >= 0.3 is 5.97 Å². The maximum absolute atomic E-state index is 11.5. The Morgan fingerprint density at radius 2 is 1.90 bits per heavy atom. The van der Waals surface area contributed by atoms with Crippen LogP contribution in [0, 0.1) is 0 Å². The largest absolute Gasteiger partial charge is 0.479 e. The molecule has 4 nitrogen and oxygen atoms in total. The monoisotopic (exact) mass is 305 g/mol. The summed E-state index contributed by atoms with van der Waals surface area (Å²) in [5.41, 5.74) is 2.23. The molecular weight excluding hydrogens is 290 g/mol. The fourth-order valence-electron chi connectivity index (χ4n) is 1.99. The van der Waals surface area contributed by atoms with Gasteiger partial charge in [0, 0.05) is 7.11 Å².